The second kappa shape index (κ2) is 9.97. The zero-order chi connectivity index (χ0) is 27.7. The lowest BCUT2D eigenvalue weighted by Crippen LogP contribution is -2.37. The number of aromatic nitrogens is 3. The lowest BCUT2D eigenvalue weighted by molar-refractivity contribution is -0.384. The third-order valence-electron chi connectivity index (χ3n) is 6.09. The molecule has 13 heteroatoms. The number of hydrogen-bond donors (Lipinski definition) is 4. The van der Waals surface area contributed by atoms with E-state index in [1.54, 1.807) is 18.3 Å². The van der Waals surface area contributed by atoms with E-state index in [1.165, 1.54) is 24.3 Å². The Balaban J connectivity index is 1.37. The maximum absolute atomic E-state index is 12.3. The Morgan fingerprint density at radius 2 is 1.77 bits per heavy atom. The summed E-state index contributed by atoms with van der Waals surface area (Å²) in [7, 11) is 0. The van der Waals surface area contributed by atoms with Gasteiger partial charge >= 0.3 is 23.1 Å². The summed E-state index contributed by atoms with van der Waals surface area (Å²) in [6.07, 6.45) is 3.60. The monoisotopic (exact) mass is 528 g/mol. The van der Waals surface area contributed by atoms with Gasteiger partial charge in [-0.3, -0.25) is 29.1 Å². The number of fused-ring (bicyclic) bond motifs is 3. The number of amides is 2. The first-order valence-electron chi connectivity index (χ1n) is 11.6. The molecule has 0 atom stereocenters. The van der Waals surface area contributed by atoms with E-state index < -0.39 is 34.6 Å². The number of urea groups is 1. The van der Waals surface area contributed by atoms with E-state index in [1.807, 2.05) is 35.0 Å². The lowest BCUT2D eigenvalue weighted by Gasteiger charge is -2.11. The van der Waals surface area contributed by atoms with Crippen LogP contribution in [-0.4, -0.2) is 36.1 Å². The molecule has 2 aromatic heterocycles. The van der Waals surface area contributed by atoms with Crippen molar-refractivity contribution < 1.29 is 19.6 Å². The van der Waals surface area contributed by atoms with Crippen molar-refractivity contribution in [2.45, 2.75) is 13.1 Å². The topological polar surface area (TPSA) is 181 Å². The number of nitro groups is 1. The van der Waals surface area contributed by atoms with Crippen LogP contribution in [0.4, 0.5) is 16.2 Å². The largest absolute Gasteiger partial charge is 0.480 e. The maximum Gasteiger partial charge on any atom is 0.323 e. The standard InChI is InChI=1S/C26H20N6O7/c33-22(34)14-31-21-8-2-16-1-5-19(11-20(16)23(21)29-24(35)25(31)36)30-10-9-15(13-30)12-27-26(37)28-17-3-6-18(7-4-17)32(38)39/h1-11,13H,12,14H2,(H,29,35)(H,33,34)(H2,27,28,37). The Kier molecular flexibility index (Phi) is 6.38. The van der Waals surface area contributed by atoms with Crippen LogP contribution in [0.1, 0.15) is 5.56 Å². The van der Waals surface area contributed by atoms with Gasteiger partial charge in [-0.05, 0) is 47.3 Å². The quantitative estimate of drug-likeness (QED) is 0.108. The number of carboxylic acid groups (broad SMARTS) is 1. The van der Waals surface area contributed by atoms with Crippen LogP contribution in [0, 0.1) is 10.1 Å². The number of carbonyl (C=O) groups is 2. The molecule has 3 aromatic carbocycles. The van der Waals surface area contributed by atoms with Gasteiger partial charge in [-0.15, -0.1) is 0 Å². The van der Waals surface area contributed by atoms with Crippen molar-refractivity contribution in [1.82, 2.24) is 19.4 Å². The maximum atomic E-state index is 12.3. The molecule has 39 heavy (non-hydrogen) atoms. The van der Waals surface area contributed by atoms with Gasteiger partial charge in [0.05, 0.1) is 16.0 Å². The highest BCUT2D eigenvalue weighted by molar-refractivity contribution is 6.04. The van der Waals surface area contributed by atoms with Gasteiger partial charge in [0.1, 0.15) is 6.54 Å². The molecule has 0 aliphatic carbocycles. The van der Waals surface area contributed by atoms with Crippen molar-refractivity contribution >= 4 is 45.2 Å². The molecule has 0 fully saturated rings. The molecule has 0 aliphatic heterocycles. The number of carboxylic acids is 1. The highest BCUT2D eigenvalue weighted by atomic mass is 16.6. The Labute approximate surface area is 218 Å². The van der Waals surface area contributed by atoms with Crippen LogP contribution >= 0.6 is 0 Å². The second-order valence-electron chi connectivity index (χ2n) is 8.64. The van der Waals surface area contributed by atoms with Crippen LogP contribution in [0.2, 0.25) is 0 Å². The molecule has 196 valence electrons. The molecule has 0 aliphatic rings. The lowest BCUT2D eigenvalue weighted by atomic mass is 10.1. The zero-order valence-corrected chi connectivity index (χ0v) is 20.1. The predicted molar refractivity (Wildman–Crippen MR) is 142 cm³/mol. The fraction of sp³-hybridized carbons (Fsp3) is 0.0769. The minimum atomic E-state index is -1.24. The summed E-state index contributed by atoms with van der Waals surface area (Å²) in [6.45, 7) is -0.437. The fourth-order valence-electron chi connectivity index (χ4n) is 4.23. The molecule has 0 unspecified atom stereocenters. The van der Waals surface area contributed by atoms with Crippen LogP contribution in [-0.2, 0) is 17.9 Å². The number of carbonyl (C=O) groups excluding carboxylic acids is 1. The minimum Gasteiger partial charge on any atom is -0.480 e. The molecule has 0 saturated heterocycles. The predicted octanol–water partition coefficient (Wildman–Crippen LogP) is 2.95. The second-order valence-corrected chi connectivity index (χ2v) is 8.64. The number of H-pyrrole nitrogens is 1. The highest BCUT2D eigenvalue weighted by Crippen LogP contribution is 2.25. The van der Waals surface area contributed by atoms with Crippen molar-refractivity contribution in [3.05, 3.63) is 109 Å². The molecule has 2 heterocycles. The number of nitrogens with one attached hydrogen (secondary N) is 3. The summed E-state index contributed by atoms with van der Waals surface area (Å²) < 4.78 is 2.75. The summed E-state index contributed by atoms with van der Waals surface area (Å²) in [5.74, 6) is -1.24. The van der Waals surface area contributed by atoms with E-state index in [2.05, 4.69) is 15.6 Å². The van der Waals surface area contributed by atoms with E-state index >= 15 is 0 Å². The van der Waals surface area contributed by atoms with Gasteiger partial charge < -0.3 is 25.3 Å². The van der Waals surface area contributed by atoms with Crippen LogP contribution in [0.5, 0.6) is 0 Å². The van der Waals surface area contributed by atoms with Gasteiger partial charge in [-0.1, -0.05) is 12.1 Å². The number of nitrogens with zero attached hydrogens (tertiary/aromatic N) is 3. The summed E-state index contributed by atoms with van der Waals surface area (Å²) in [6, 6.07) is 15.6. The van der Waals surface area contributed by atoms with Gasteiger partial charge in [-0.25, -0.2) is 4.79 Å². The molecule has 13 nitrogen and oxygen atoms in total. The SMILES string of the molecule is O=C(O)Cn1c(=O)c(=O)[nH]c2c3cc(-n4ccc(CNC(=O)Nc5ccc([N+](=O)[O-])cc5)c4)ccc3ccc21. The summed E-state index contributed by atoms with van der Waals surface area (Å²) in [5.41, 5.74) is 0.628. The molecule has 5 rings (SSSR count). The van der Waals surface area contributed by atoms with E-state index in [-0.39, 0.29) is 12.2 Å². The van der Waals surface area contributed by atoms with Crippen LogP contribution in [0.15, 0.2) is 82.6 Å². The van der Waals surface area contributed by atoms with Crippen molar-refractivity contribution in [2.75, 3.05) is 5.32 Å². The first-order chi connectivity index (χ1) is 18.7. The average molecular weight is 528 g/mol. The number of rotatable bonds is 7. The van der Waals surface area contributed by atoms with Gasteiger partial charge in [0.15, 0.2) is 0 Å². The Morgan fingerprint density at radius 3 is 2.49 bits per heavy atom. The van der Waals surface area contributed by atoms with E-state index in [9.17, 15) is 34.4 Å². The van der Waals surface area contributed by atoms with E-state index in [0.29, 0.717) is 22.1 Å². The van der Waals surface area contributed by atoms with Crippen molar-refractivity contribution in [3.63, 3.8) is 0 Å². The van der Waals surface area contributed by atoms with Crippen molar-refractivity contribution in [1.29, 1.82) is 0 Å². The molecule has 5 aromatic rings. The number of non-ortho nitro benzene ring substituents is 1. The Bertz CT molecular complexity index is 1890. The third kappa shape index (κ3) is 5.09. The van der Waals surface area contributed by atoms with Gasteiger partial charge in [-0.2, -0.15) is 0 Å². The van der Waals surface area contributed by atoms with Crippen molar-refractivity contribution in [3.8, 4) is 5.69 Å². The van der Waals surface area contributed by atoms with Gasteiger partial charge in [0, 0.05) is 47.8 Å². The number of anilines is 1. The molecule has 0 saturated carbocycles. The van der Waals surface area contributed by atoms with Crippen LogP contribution in [0.25, 0.3) is 27.5 Å². The average Bonchev–Trinajstić information content (AvgIpc) is 3.39. The molecule has 2 amide bonds. The fourth-order valence-corrected chi connectivity index (χ4v) is 4.23. The van der Waals surface area contributed by atoms with Crippen molar-refractivity contribution in [2.24, 2.45) is 0 Å². The zero-order valence-electron chi connectivity index (χ0n) is 20.1. The minimum absolute atomic E-state index is 0.0787. The number of hydrogen-bond acceptors (Lipinski definition) is 6. The Morgan fingerprint density at radius 1 is 1.03 bits per heavy atom. The number of aliphatic carboxylic acids is 1. The number of benzene rings is 3. The number of nitro benzene ring substituents is 1. The highest BCUT2D eigenvalue weighted by Gasteiger charge is 2.14. The van der Waals surface area contributed by atoms with E-state index in [0.717, 1.165) is 21.2 Å². The summed E-state index contributed by atoms with van der Waals surface area (Å²) in [5, 5.41) is 26.7. The molecule has 0 bridgehead atoms. The first-order valence-corrected chi connectivity index (χ1v) is 11.6. The number of aromatic amines is 1. The smallest absolute Gasteiger partial charge is 0.323 e. The van der Waals surface area contributed by atoms with Gasteiger partial charge in [0.25, 0.3) is 5.69 Å². The third-order valence-corrected chi connectivity index (χ3v) is 6.09. The molecule has 0 radical (unpaired) electrons. The molecular formula is C26H20N6O7. The molecule has 0 spiro atoms. The molecule has 4 N–H and O–H groups in total. The summed E-state index contributed by atoms with van der Waals surface area (Å²) in [4.78, 5) is 60.9. The van der Waals surface area contributed by atoms with Crippen LogP contribution in [0.3, 0.4) is 0 Å². The normalized spacial score (nSPS) is 11.0. The first kappa shape index (κ1) is 25.0. The molecular weight excluding hydrogens is 508 g/mol. The Hall–Kier alpha value is -5.72. The summed E-state index contributed by atoms with van der Waals surface area (Å²) >= 11 is 0. The van der Waals surface area contributed by atoms with E-state index in [4.69, 9.17) is 0 Å². The van der Waals surface area contributed by atoms with Crippen LogP contribution < -0.4 is 21.8 Å². The van der Waals surface area contributed by atoms with Gasteiger partial charge in [0.2, 0.25) is 0 Å².